The van der Waals surface area contributed by atoms with E-state index < -0.39 is 23.6 Å². The summed E-state index contributed by atoms with van der Waals surface area (Å²) in [6.07, 6.45) is 2.67. The Bertz CT molecular complexity index is 1270. The van der Waals surface area contributed by atoms with Crippen LogP contribution in [0.4, 0.5) is 0 Å². The first-order chi connectivity index (χ1) is 21.5. The Labute approximate surface area is 271 Å². The molecule has 0 spiro atoms. The number of carbonyl (C=O) groups excluding carboxylic acids is 3. The van der Waals surface area contributed by atoms with Crippen LogP contribution in [0.1, 0.15) is 57.7 Å². The van der Waals surface area contributed by atoms with Crippen LogP contribution in [0.2, 0.25) is 0 Å². The quantitative estimate of drug-likeness (QED) is 0.243. The van der Waals surface area contributed by atoms with E-state index in [1.54, 1.807) is 11.3 Å². The maximum absolute atomic E-state index is 13.9. The van der Waals surface area contributed by atoms with Crippen LogP contribution in [0.5, 0.6) is 0 Å². The summed E-state index contributed by atoms with van der Waals surface area (Å²) in [6.45, 7) is 13.5. The average molecular weight is 642 g/mol. The molecule has 12 heteroatoms. The molecule has 2 saturated heterocycles. The van der Waals surface area contributed by atoms with Gasteiger partial charge in [-0.1, -0.05) is 51.5 Å². The molecule has 3 heterocycles. The molecular formula is C33H51N7O4S. The first-order valence-electron chi connectivity index (χ1n) is 16.2. The van der Waals surface area contributed by atoms with Gasteiger partial charge < -0.3 is 31.3 Å². The second-order valence-corrected chi connectivity index (χ2v) is 14.3. The molecule has 0 radical (unpaired) electrons. The number of carbonyl (C=O) groups is 3. The van der Waals surface area contributed by atoms with E-state index in [2.05, 4.69) is 25.4 Å². The number of thiazole rings is 1. The number of hydrogen-bond donors (Lipinski definition) is 4. The molecule has 4 rings (SSSR count). The van der Waals surface area contributed by atoms with Gasteiger partial charge >= 0.3 is 0 Å². The summed E-state index contributed by atoms with van der Waals surface area (Å²) in [5, 5.41) is 16.4. The van der Waals surface area contributed by atoms with Gasteiger partial charge in [-0.15, -0.1) is 11.3 Å². The van der Waals surface area contributed by atoms with Crippen molar-refractivity contribution in [2.24, 2.45) is 11.1 Å². The van der Waals surface area contributed by atoms with Gasteiger partial charge in [0.05, 0.1) is 28.7 Å². The molecule has 0 aliphatic carbocycles. The Balaban J connectivity index is 1.31. The largest absolute Gasteiger partial charge is 0.391 e. The molecule has 2 fully saturated rings. The second-order valence-electron chi connectivity index (χ2n) is 13.4. The zero-order valence-electron chi connectivity index (χ0n) is 27.3. The van der Waals surface area contributed by atoms with E-state index in [0.717, 1.165) is 80.2 Å². The van der Waals surface area contributed by atoms with Crippen LogP contribution in [0.15, 0.2) is 29.8 Å². The lowest BCUT2D eigenvalue weighted by Gasteiger charge is -2.37. The minimum Gasteiger partial charge on any atom is -0.391 e. The molecule has 0 saturated carbocycles. The van der Waals surface area contributed by atoms with Crippen LogP contribution in [-0.4, -0.2) is 113 Å². The van der Waals surface area contributed by atoms with E-state index in [-0.39, 0.29) is 37.2 Å². The van der Waals surface area contributed by atoms with Gasteiger partial charge in [-0.05, 0) is 49.4 Å². The molecule has 2 aliphatic rings. The number of aliphatic hydroxyl groups excluding tert-OH is 1. The highest BCUT2D eigenvalue weighted by Crippen LogP contribution is 2.28. The van der Waals surface area contributed by atoms with E-state index >= 15 is 0 Å². The fraction of sp³-hybridized carbons (Fsp3) is 0.636. The minimum atomic E-state index is -0.836. The molecular weight excluding hydrogens is 590 g/mol. The average Bonchev–Trinajstić information content (AvgIpc) is 3.62. The topological polar surface area (TPSA) is 144 Å². The SMILES string of the molecule is Cc1ncsc1-c1ccc(CNC(=O)[C@@H]2C[C@@H](O)CN2C(=O)[C@@H](NC(=O)CN2CCN(CCCCCN)CC2)C(C)(C)C)cc1. The van der Waals surface area contributed by atoms with E-state index in [0.29, 0.717) is 6.54 Å². The van der Waals surface area contributed by atoms with Gasteiger partial charge in [-0.3, -0.25) is 19.3 Å². The summed E-state index contributed by atoms with van der Waals surface area (Å²) in [5.74, 6) is -0.876. The molecule has 1 aromatic heterocycles. The van der Waals surface area contributed by atoms with Crippen molar-refractivity contribution in [1.29, 1.82) is 0 Å². The molecule has 5 N–H and O–H groups in total. The summed E-state index contributed by atoms with van der Waals surface area (Å²) in [4.78, 5) is 51.8. The molecule has 2 aromatic rings. The number of aromatic nitrogens is 1. The number of nitrogens with two attached hydrogens (primary N) is 1. The van der Waals surface area contributed by atoms with Gasteiger partial charge in [-0.2, -0.15) is 0 Å². The number of unbranched alkanes of at least 4 members (excludes halogenated alkanes) is 2. The summed E-state index contributed by atoms with van der Waals surface area (Å²) in [6, 6.07) is 6.31. The lowest BCUT2D eigenvalue weighted by Crippen LogP contribution is -2.59. The first-order valence-corrected chi connectivity index (χ1v) is 17.0. The minimum absolute atomic E-state index is 0.0511. The lowest BCUT2D eigenvalue weighted by molar-refractivity contribution is -0.144. The van der Waals surface area contributed by atoms with Gasteiger partial charge in [-0.25, -0.2) is 4.98 Å². The first kappa shape index (κ1) is 35.0. The standard InChI is InChI=1S/C33H51N7O4S/c1-23-29(45-22-36-23)25-10-8-24(9-11-25)19-35-31(43)27-18-26(41)20-40(27)32(44)30(33(2,3)4)37-28(42)21-39-16-14-38(15-17-39)13-7-5-6-12-34/h8-11,22,26-27,30,41H,5-7,12-21,34H2,1-4H3,(H,35,43)(H,37,42)/t26-,27+,30-/m1/s1. The smallest absolute Gasteiger partial charge is 0.246 e. The molecule has 2 aliphatic heterocycles. The number of benzene rings is 1. The summed E-state index contributed by atoms with van der Waals surface area (Å²) in [7, 11) is 0. The van der Waals surface area contributed by atoms with Crippen molar-refractivity contribution < 1.29 is 19.5 Å². The summed E-state index contributed by atoms with van der Waals surface area (Å²) < 4.78 is 0. The maximum atomic E-state index is 13.9. The lowest BCUT2D eigenvalue weighted by atomic mass is 9.85. The van der Waals surface area contributed by atoms with Crippen LogP contribution < -0.4 is 16.4 Å². The van der Waals surface area contributed by atoms with Crippen molar-refractivity contribution in [3.8, 4) is 10.4 Å². The number of piperazine rings is 1. The van der Waals surface area contributed by atoms with Crippen molar-refractivity contribution in [3.05, 3.63) is 41.0 Å². The predicted molar refractivity (Wildman–Crippen MR) is 177 cm³/mol. The predicted octanol–water partition coefficient (Wildman–Crippen LogP) is 1.97. The Morgan fingerprint density at radius 2 is 1.76 bits per heavy atom. The van der Waals surface area contributed by atoms with Crippen molar-refractivity contribution in [2.75, 3.05) is 52.4 Å². The summed E-state index contributed by atoms with van der Waals surface area (Å²) >= 11 is 1.59. The van der Waals surface area contributed by atoms with Crippen LogP contribution in [0, 0.1) is 12.3 Å². The molecule has 0 bridgehead atoms. The van der Waals surface area contributed by atoms with Gasteiger partial charge in [0.2, 0.25) is 17.7 Å². The third-order valence-corrected chi connectivity index (χ3v) is 9.70. The Morgan fingerprint density at radius 1 is 1.07 bits per heavy atom. The highest BCUT2D eigenvalue weighted by molar-refractivity contribution is 7.13. The van der Waals surface area contributed by atoms with Crippen molar-refractivity contribution in [1.82, 2.24) is 30.3 Å². The van der Waals surface area contributed by atoms with Crippen LogP contribution >= 0.6 is 11.3 Å². The molecule has 45 heavy (non-hydrogen) atoms. The Morgan fingerprint density at radius 3 is 2.38 bits per heavy atom. The van der Waals surface area contributed by atoms with E-state index in [4.69, 9.17) is 5.73 Å². The second kappa shape index (κ2) is 16.1. The third-order valence-electron chi connectivity index (χ3n) is 8.72. The number of aryl methyl sites for hydroxylation is 1. The monoisotopic (exact) mass is 641 g/mol. The van der Waals surface area contributed by atoms with Gasteiger partial charge in [0, 0.05) is 45.7 Å². The fourth-order valence-corrected chi connectivity index (χ4v) is 6.83. The zero-order valence-corrected chi connectivity index (χ0v) is 28.1. The molecule has 0 unspecified atom stereocenters. The number of nitrogens with one attached hydrogen (secondary N) is 2. The molecule has 3 atom stereocenters. The van der Waals surface area contributed by atoms with Crippen molar-refractivity contribution in [3.63, 3.8) is 0 Å². The number of hydrogen-bond acceptors (Lipinski definition) is 9. The molecule has 3 amide bonds. The summed E-state index contributed by atoms with van der Waals surface area (Å²) in [5.41, 5.74) is 9.81. The van der Waals surface area contributed by atoms with E-state index in [1.165, 1.54) is 4.90 Å². The molecule has 1 aromatic carbocycles. The number of likely N-dealkylation sites (tertiary alicyclic amines) is 1. The van der Waals surface area contributed by atoms with Crippen molar-refractivity contribution in [2.45, 2.75) is 78.1 Å². The fourth-order valence-electron chi connectivity index (χ4n) is 6.02. The van der Waals surface area contributed by atoms with Crippen molar-refractivity contribution >= 4 is 29.1 Å². The van der Waals surface area contributed by atoms with Crippen LogP contribution in [0.25, 0.3) is 10.4 Å². The third kappa shape index (κ3) is 9.79. The van der Waals surface area contributed by atoms with Crippen LogP contribution in [-0.2, 0) is 20.9 Å². The Hall–Kier alpha value is -2.90. The molecule has 248 valence electrons. The van der Waals surface area contributed by atoms with Gasteiger partial charge in [0.15, 0.2) is 0 Å². The van der Waals surface area contributed by atoms with E-state index in [9.17, 15) is 19.5 Å². The highest BCUT2D eigenvalue weighted by Gasteiger charge is 2.44. The number of rotatable bonds is 13. The normalized spacial score (nSPS) is 20.3. The number of aliphatic hydroxyl groups is 1. The Kier molecular flexibility index (Phi) is 12.5. The highest BCUT2D eigenvalue weighted by atomic mass is 32.1. The number of β-amino-alcohol motifs (C(OH)–C–C–N with tert-alkyl or cyclic N) is 1. The number of nitrogens with zero attached hydrogens (tertiary/aromatic N) is 4. The number of amides is 3. The van der Waals surface area contributed by atoms with Gasteiger partial charge in [0.25, 0.3) is 0 Å². The van der Waals surface area contributed by atoms with Crippen LogP contribution in [0.3, 0.4) is 0 Å². The molecule has 11 nitrogen and oxygen atoms in total. The zero-order chi connectivity index (χ0) is 32.6. The maximum Gasteiger partial charge on any atom is 0.246 e. The van der Waals surface area contributed by atoms with E-state index in [1.807, 2.05) is 57.5 Å². The van der Waals surface area contributed by atoms with Gasteiger partial charge in [0.1, 0.15) is 12.1 Å².